The maximum Gasteiger partial charge on any atom is 0.233 e. The van der Waals surface area contributed by atoms with Crippen molar-refractivity contribution in [3.8, 4) is 11.8 Å². The number of carbonyl (C=O) groups excluding carboxylic acids is 1. The average molecular weight is 424 g/mol. The van der Waals surface area contributed by atoms with Crippen LogP contribution in [0.5, 0.6) is 5.75 Å². The lowest BCUT2D eigenvalue weighted by Crippen LogP contribution is -2.32. The number of aryl methyl sites for hydroxylation is 2. The van der Waals surface area contributed by atoms with Gasteiger partial charge in [0.25, 0.3) is 0 Å². The number of pyridine rings is 1. The van der Waals surface area contributed by atoms with Gasteiger partial charge in [-0.25, -0.2) is 4.98 Å². The molecule has 0 spiro atoms. The summed E-state index contributed by atoms with van der Waals surface area (Å²) < 4.78 is 5.17. The second-order valence-corrected chi connectivity index (χ2v) is 8.74. The Hall–Kier alpha value is -2.52. The van der Waals surface area contributed by atoms with E-state index < -0.39 is 0 Å². The Labute approximate surface area is 183 Å². The third kappa shape index (κ3) is 5.76. The number of thioether (sulfide) groups is 1. The van der Waals surface area contributed by atoms with Crippen LogP contribution in [-0.4, -0.2) is 23.3 Å². The standard InChI is InChI=1S/C24H29N3O2S/c1-3-22(23(28)26-16-17-10-12-20(29-2)13-11-17)30-24-19(15-25)14-18-8-6-4-5-7-9-21(18)27-24/h10-14,22H,3-9,16H2,1-2H3,(H,26,28). The number of carbonyl (C=O) groups is 1. The van der Waals surface area contributed by atoms with Crippen LogP contribution in [0.3, 0.4) is 0 Å². The van der Waals surface area contributed by atoms with Crippen LogP contribution >= 0.6 is 11.8 Å². The lowest BCUT2D eigenvalue weighted by Gasteiger charge is -2.18. The van der Waals surface area contributed by atoms with Crippen molar-refractivity contribution in [1.82, 2.24) is 10.3 Å². The van der Waals surface area contributed by atoms with Gasteiger partial charge in [0, 0.05) is 12.2 Å². The van der Waals surface area contributed by atoms with E-state index in [0.29, 0.717) is 23.6 Å². The molecule has 3 rings (SSSR count). The Balaban J connectivity index is 1.69. The van der Waals surface area contributed by atoms with Gasteiger partial charge in [0.05, 0.1) is 17.9 Å². The molecule has 0 bridgehead atoms. The number of nitriles is 1. The molecule has 0 saturated heterocycles. The molecule has 1 aromatic carbocycles. The Bertz CT molecular complexity index is 906. The van der Waals surface area contributed by atoms with Gasteiger partial charge in [0.2, 0.25) is 5.91 Å². The minimum atomic E-state index is -0.283. The van der Waals surface area contributed by atoms with Crippen molar-refractivity contribution in [3.05, 3.63) is 52.7 Å². The molecule has 1 aromatic heterocycles. The SMILES string of the molecule is CCC(Sc1nc2c(cc1C#N)CCCCCC2)C(=O)NCc1ccc(OC)cc1. The number of nitrogens with one attached hydrogen (secondary N) is 1. The van der Waals surface area contributed by atoms with Crippen LogP contribution in [-0.2, 0) is 24.2 Å². The fraction of sp³-hybridized carbons (Fsp3) is 0.458. The number of aromatic nitrogens is 1. The summed E-state index contributed by atoms with van der Waals surface area (Å²) in [6.45, 7) is 2.45. The van der Waals surface area contributed by atoms with Crippen LogP contribution in [0.25, 0.3) is 0 Å². The highest BCUT2D eigenvalue weighted by Gasteiger charge is 2.22. The number of benzene rings is 1. The number of rotatable bonds is 7. The molecular formula is C24H29N3O2S. The molecule has 158 valence electrons. The molecule has 5 nitrogen and oxygen atoms in total. The van der Waals surface area contributed by atoms with Gasteiger partial charge in [0.15, 0.2) is 0 Å². The zero-order valence-electron chi connectivity index (χ0n) is 17.7. The third-order valence-corrected chi connectivity index (χ3v) is 6.80. The summed E-state index contributed by atoms with van der Waals surface area (Å²) in [5.74, 6) is 0.761. The fourth-order valence-electron chi connectivity index (χ4n) is 3.64. The second-order valence-electron chi connectivity index (χ2n) is 7.55. The lowest BCUT2D eigenvalue weighted by molar-refractivity contribution is -0.120. The van der Waals surface area contributed by atoms with E-state index in [1.165, 1.54) is 30.2 Å². The van der Waals surface area contributed by atoms with Gasteiger partial charge >= 0.3 is 0 Å². The molecule has 30 heavy (non-hydrogen) atoms. The van der Waals surface area contributed by atoms with Crippen molar-refractivity contribution < 1.29 is 9.53 Å². The Morgan fingerprint density at radius 3 is 2.63 bits per heavy atom. The highest BCUT2D eigenvalue weighted by molar-refractivity contribution is 8.00. The van der Waals surface area contributed by atoms with E-state index in [1.807, 2.05) is 37.3 Å². The van der Waals surface area contributed by atoms with Crippen molar-refractivity contribution in [3.63, 3.8) is 0 Å². The van der Waals surface area contributed by atoms with E-state index in [1.54, 1.807) is 7.11 Å². The van der Waals surface area contributed by atoms with E-state index in [2.05, 4.69) is 11.4 Å². The van der Waals surface area contributed by atoms with Gasteiger partial charge in [-0.1, -0.05) is 43.7 Å². The summed E-state index contributed by atoms with van der Waals surface area (Å²) in [6, 6.07) is 11.9. The van der Waals surface area contributed by atoms with Crippen LogP contribution in [0, 0.1) is 11.3 Å². The van der Waals surface area contributed by atoms with Gasteiger partial charge < -0.3 is 10.1 Å². The molecule has 2 aromatic rings. The molecule has 1 amide bonds. The number of fused-ring (bicyclic) bond motifs is 1. The van der Waals surface area contributed by atoms with Gasteiger partial charge in [-0.15, -0.1) is 0 Å². The molecule has 1 unspecified atom stereocenters. The lowest BCUT2D eigenvalue weighted by atomic mass is 9.96. The normalized spacial score (nSPS) is 14.6. The first-order valence-corrected chi connectivity index (χ1v) is 11.5. The highest BCUT2D eigenvalue weighted by Crippen LogP contribution is 2.30. The number of amides is 1. The van der Waals surface area contributed by atoms with E-state index in [4.69, 9.17) is 9.72 Å². The Morgan fingerprint density at radius 1 is 1.23 bits per heavy atom. The van der Waals surface area contributed by atoms with E-state index in [9.17, 15) is 10.1 Å². The van der Waals surface area contributed by atoms with Gasteiger partial charge in [-0.05, 0) is 61.4 Å². The quantitative estimate of drug-likeness (QED) is 0.647. The summed E-state index contributed by atoms with van der Waals surface area (Å²) in [5.41, 5.74) is 3.90. The Morgan fingerprint density at radius 2 is 1.97 bits per heavy atom. The minimum Gasteiger partial charge on any atom is -0.497 e. The predicted octanol–water partition coefficient (Wildman–Crippen LogP) is 4.81. The molecule has 0 aliphatic heterocycles. The zero-order valence-corrected chi connectivity index (χ0v) is 18.6. The van der Waals surface area contributed by atoms with Gasteiger partial charge in [-0.3, -0.25) is 4.79 Å². The number of nitrogens with zero attached hydrogens (tertiary/aromatic N) is 2. The molecule has 1 atom stereocenters. The molecule has 1 N–H and O–H groups in total. The first-order chi connectivity index (χ1) is 14.6. The Kier molecular flexibility index (Phi) is 8.15. The van der Waals surface area contributed by atoms with Crippen LogP contribution in [0.15, 0.2) is 35.4 Å². The van der Waals surface area contributed by atoms with Crippen molar-refractivity contribution in [2.75, 3.05) is 7.11 Å². The summed E-state index contributed by atoms with van der Waals surface area (Å²) in [7, 11) is 1.63. The molecule has 1 heterocycles. The summed E-state index contributed by atoms with van der Waals surface area (Å²) in [6.07, 6.45) is 7.37. The van der Waals surface area contributed by atoms with E-state index >= 15 is 0 Å². The molecule has 0 radical (unpaired) electrons. The van der Waals surface area contributed by atoms with Crippen molar-refractivity contribution >= 4 is 17.7 Å². The molecule has 6 heteroatoms. The number of ether oxygens (including phenoxy) is 1. The smallest absolute Gasteiger partial charge is 0.233 e. The average Bonchev–Trinajstić information content (AvgIpc) is 2.76. The first kappa shape index (κ1) is 22.2. The predicted molar refractivity (Wildman–Crippen MR) is 120 cm³/mol. The van der Waals surface area contributed by atoms with Gasteiger partial charge in [0.1, 0.15) is 16.8 Å². The minimum absolute atomic E-state index is 0.0317. The molecule has 1 aliphatic carbocycles. The summed E-state index contributed by atoms with van der Waals surface area (Å²) in [5, 5.41) is 13.1. The van der Waals surface area contributed by atoms with Crippen LogP contribution in [0.4, 0.5) is 0 Å². The summed E-state index contributed by atoms with van der Waals surface area (Å²) >= 11 is 1.41. The topological polar surface area (TPSA) is 75.0 Å². The highest BCUT2D eigenvalue weighted by atomic mass is 32.2. The monoisotopic (exact) mass is 423 g/mol. The third-order valence-electron chi connectivity index (χ3n) is 5.43. The van der Waals surface area contributed by atoms with Crippen LogP contribution in [0.1, 0.15) is 61.4 Å². The first-order valence-electron chi connectivity index (χ1n) is 10.6. The van der Waals surface area contributed by atoms with Crippen molar-refractivity contribution in [2.24, 2.45) is 0 Å². The summed E-state index contributed by atoms with van der Waals surface area (Å²) in [4.78, 5) is 17.6. The fourth-order valence-corrected chi connectivity index (χ4v) is 4.66. The zero-order chi connectivity index (χ0) is 21.3. The largest absolute Gasteiger partial charge is 0.497 e. The molecule has 1 aliphatic rings. The molecule has 0 saturated carbocycles. The number of hydrogen-bond donors (Lipinski definition) is 1. The van der Waals surface area contributed by atoms with Crippen LogP contribution in [0.2, 0.25) is 0 Å². The number of methoxy groups -OCH3 is 1. The number of hydrogen-bond acceptors (Lipinski definition) is 5. The van der Waals surface area contributed by atoms with Crippen LogP contribution < -0.4 is 10.1 Å². The maximum absolute atomic E-state index is 12.8. The molecular weight excluding hydrogens is 394 g/mol. The maximum atomic E-state index is 12.8. The van der Waals surface area contributed by atoms with Crippen molar-refractivity contribution in [1.29, 1.82) is 5.26 Å². The van der Waals surface area contributed by atoms with Crippen molar-refractivity contribution in [2.45, 2.75) is 68.7 Å². The second kappa shape index (κ2) is 11.0. The van der Waals surface area contributed by atoms with E-state index in [0.717, 1.165) is 42.7 Å². The van der Waals surface area contributed by atoms with Gasteiger partial charge in [-0.2, -0.15) is 5.26 Å². The van der Waals surface area contributed by atoms with E-state index in [-0.39, 0.29) is 11.2 Å². The molecule has 0 fully saturated rings.